The van der Waals surface area contributed by atoms with Crippen LogP contribution in [-0.2, 0) is 6.54 Å². The van der Waals surface area contributed by atoms with Crippen molar-refractivity contribution in [2.45, 2.75) is 6.54 Å². The molecule has 0 aliphatic carbocycles. The third-order valence-corrected chi connectivity index (χ3v) is 3.88. The van der Waals surface area contributed by atoms with Crippen LogP contribution in [0.4, 0.5) is 10.5 Å². The van der Waals surface area contributed by atoms with Crippen LogP contribution in [0, 0.1) is 0 Å². The zero-order chi connectivity index (χ0) is 15.2. The summed E-state index contributed by atoms with van der Waals surface area (Å²) in [7, 11) is 1.54. The number of hydrogen-bond donors (Lipinski definition) is 2. The van der Waals surface area contributed by atoms with Crippen LogP contribution in [0.3, 0.4) is 0 Å². The van der Waals surface area contributed by atoms with Gasteiger partial charge >= 0.3 is 6.03 Å². The zero-order valence-electron chi connectivity index (χ0n) is 11.3. The van der Waals surface area contributed by atoms with E-state index in [1.807, 2.05) is 24.3 Å². The number of methoxy groups -OCH3 is 1. The third kappa shape index (κ3) is 4.37. The largest absolute Gasteiger partial charge is 0.495 e. The van der Waals surface area contributed by atoms with Crippen molar-refractivity contribution in [3.8, 4) is 5.75 Å². The first-order valence-electron chi connectivity index (χ1n) is 6.22. The fourth-order valence-electron chi connectivity index (χ4n) is 1.74. The van der Waals surface area contributed by atoms with Gasteiger partial charge in [-0.25, -0.2) is 4.79 Å². The van der Waals surface area contributed by atoms with Crippen LogP contribution in [0.15, 0.2) is 46.9 Å². The number of benzene rings is 2. The summed E-state index contributed by atoms with van der Waals surface area (Å²) in [5, 5.41) is 5.95. The molecule has 0 saturated carbocycles. The summed E-state index contributed by atoms with van der Waals surface area (Å²) in [6, 6.07) is 12.5. The highest BCUT2D eigenvalue weighted by Gasteiger charge is 2.06. The number of nitrogens with one attached hydrogen (secondary N) is 2. The first kappa shape index (κ1) is 15.7. The number of halogens is 2. The minimum Gasteiger partial charge on any atom is -0.495 e. The lowest BCUT2D eigenvalue weighted by atomic mass is 10.2. The van der Waals surface area contributed by atoms with Crippen LogP contribution in [-0.4, -0.2) is 13.1 Å². The van der Waals surface area contributed by atoms with Crippen molar-refractivity contribution in [2.24, 2.45) is 0 Å². The molecule has 0 heterocycles. The minimum atomic E-state index is -0.299. The Morgan fingerprint density at radius 2 is 2.05 bits per heavy atom. The van der Waals surface area contributed by atoms with E-state index in [1.165, 1.54) is 0 Å². The lowest BCUT2D eigenvalue weighted by molar-refractivity contribution is 0.251. The molecule has 0 spiro atoms. The predicted octanol–water partition coefficient (Wildman–Crippen LogP) is 4.43. The van der Waals surface area contributed by atoms with Gasteiger partial charge < -0.3 is 15.4 Å². The van der Waals surface area contributed by atoms with E-state index in [9.17, 15) is 4.79 Å². The first-order valence-corrected chi connectivity index (χ1v) is 7.39. The van der Waals surface area contributed by atoms with Crippen LogP contribution < -0.4 is 15.4 Å². The molecule has 0 saturated heterocycles. The summed E-state index contributed by atoms with van der Waals surface area (Å²) < 4.78 is 6.01. The summed E-state index contributed by atoms with van der Waals surface area (Å²) in [4.78, 5) is 11.9. The van der Waals surface area contributed by atoms with E-state index in [-0.39, 0.29) is 6.03 Å². The molecule has 110 valence electrons. The molecule has 6 heteroatoms. The maximum Gasteiger partial charge on any atom is 0.319 e. The molecule has 2 amide bonds. The quantitative estimate of drug-likeness (QED) is 0.837. The number of amides is 2. The molecule has 0 unspecified atom stereocenters. The van der Waals surface area contributed by atoms with Gasteiger partial charge in [-0.1, -0.05) is 45.7 Å². The molecular formula is C15H14BrClN2O2. The Morgan fingerprint density at radius 1 is 1.29 bits per heavy atom. The molecule has 0 aliphatic heterocycles. The standard InChI is InChI=1S/C15H14BrClN2O2/c1-21-14-7-6-11(8-13(14)17)19-15(20)18-9-10-4-2-3-5-12(10)16/h2-8H,9H2,1H3,(H2,18,19,20). The van der Waals surface area contributed by atoms with Crippen LogP contribution in [0.2, 0.25) is 5.02 Å². The molecule has 2 aromatic carbocycles. The van der Waals surface area contributed by atoms with E-state index < -0.39 is 0 Å². The molecule has 4 nitrogen and oxygen atoms in total. The van der Waals surface area contributed by atoms with E-state index >= 15 is 0 Å². The smallest absolute Gasteiger partial charge is 0.319 e. The Kier molecular flexibility index (Phi) is 5.47. The van der Waals surface area contributed by atoms with Gasteiger partial charge in [-0.2, -0.15) is 0 Å². The van der Waals surface area contributed by atoms with E-state index in [0.717, 1.165) is 10.0 Å². The Morgan fingerprint density at radius 3 is 2.71 bits per heavy atom. The number of rotatable bonds is 4. The average Bonchev–Trinajstić information content (AvgIpc) is 2.46. The highest BCUT2D eigenvalue weighted by molar-refractivity contribution is 9.10. The molecule has 0 aliphatic rings. The van der Waals surface area contributed by atoms with E-state index in [1.54, 1.807) is 25.3 Å². The number of hydrogen-bond acceptors (Lipinski definition) is 2. The third-order valence-electron chi connectivity index (χ3n) is 2.81. The van der Waals surface area contributed by atoms with Gasteiger partial charge in [0.05, 0.1) is 12.1 Å². The first-order chi connectivity index (χ1) is 10.1. The van der Waals surface area contributed by atoms with Gasteiger partial charge in [0.25, 0.3) is 0 Å². The Bertz CT molecular complexity index is 649. The average molecular weight is 370 g/mol. The van der Waals surface area contributed by atoms with Gasteiger partial charge in [-0.15, -0.1) is 0 Å². The summed E-state index contributed by atoms with van der Waals surface area (Å²) in [5.74, 6) is 0.566. The van der Waals surface area contributed by atoms with Crippen LogP contribution in [0.5, 0.6) is 5.75 Å². The second-order valence-corrected chi connectivity index (χ2v) is 5.51. The SMILES string of the molecule is COc1ccc(NC(=O)NCc2ccccc2Br)cc1Cl. The molecule has 0 aromatic heterocycles. The number of carbonyl (C=O) groups is 1. The summed E-state index contributed by atoms with van der Waals surface area (Å²) in [5.41, 5.74) is 1.60. The zero-order valence-corrected chi connectivity index (χ0v) is 13.7. The topological polar surface area (TPSA) is 50.4 Å². The van der Waals surface area contributed by atoms with Crippen LogP contribution in [0.25, 0.3) is 0 Å². The number of urea groups is 1. The van der Waals surface area contributed by atoms with Crippen molar-refractivity contribution < 1.29 is 9.53 Å². The number of ether oxygens (including phenoxy) is 1. The Hall–Kier alpha value is -1.72. The molecule has 2 N–H and O–H groups in total. The highest BCUT2D eigenvalue weighted by Crippen LogP contribution is 2.27. The van der Waals surface area contributed by atoms with Crippen molar-refractivity contribution in [2.75, 3.05) is 12.4 Å². The van der Waals surface area contributed by atoms with Gasteiger partial charge in [0.1, 0.15) is 5.75 Å². The van der Waals surface area contributed by atoms with Crippen molar-refractivity contribution in [1.29, 1.82) is 0 Å². The van der Waals surface area contributed by atoms with E-state index in [4.69, 9.17) is 16.3 Å². The fraction of sp³-hybridized carbons (Fsp3) is 0.133. The second kappa shape index (κ2) is 7.33. The van der Waals surface area contributed by atoms with Gasteiger partial charge in [-0.05, 0) is 29.8 Å². The Balaban J connectivity index is 1.93. The minimum absolute atomic E-state index is 0.299. The molecule has 0 bridgehead atoms. The van der Waals surface area contributed by atoms with Gasteiger partial charge in [0.2, 0.25) is 0 Å². The lowest BCUT2D eigenvalue weighted by Crippen LogP contribution is -2.28. The summed E-state index contributed by atoms with van der Waals surface area (Å²) in [6.07, 6.45) is 0. The van der Waals surface area contributed by atoms with Crippen molar-refractivity contribution in [1.82, 2.24) is 5.32 Å². The highest BCUT2D eigenvalue weighted by atomic mass is 79.9. The Labute approximate surface area is 136 Å². The van der Waals surface area contributed by atoms with Crippen molar-refractivity contribution >= 4 is 39.2 Å². The van der Waals surface area contributed by atoms with Crippen molar-refractivity contribution in [3.05, 3.63) is 57.5 Å². The lowest BCUT2D eigenvalue weighted by Gasteiger charge is -2.10. The fourth-order valence-corrected chi connectivity index (χ4v) is 2.42. The molecular weight excluding hydrogens is 356 g/mol. The van der Waals surface area contributed by atoms with Gasteiger partial charge in [-0.3, -0.25) is 0 Å². The number of carbonyl (C=O) groups excluding carboxylic acids is 1. The summed E-state index contributed by atoms with van der Waals surface area (Å²) >= 11 is 9.44. The van der Waals surface area contributed by atoms with Gasteiger partial charge in [0.15, 0.2) is 0 Å². The van der Waals surface area contributed by atoms with E-state index in [2.05, 4.69) is 26.6 Å². The molecule has 0 fully saturated rings. The monoisotopic (exact) mass is 368 g/mol. The second-order valence-electron chi connectivity index (χ2n) is 4.25. The molecule has 21 heavy (non-hydrogen) atoms. The maximum absolute atomic E-state index is 11.9. The van der Waals surface area contributed by atoms with Crippen LogP contribution in [0.1, 0.15) is 5.56 Å². The van der Waals surface area contributed by atoms with Crippen molar-refractivity contribution in [3.63, 3.8) is 0 Å². The number of anilines is 1. The molecule has 2 rings (SSSR count). The van der Waals surface area contributed by atoms with E-state index in [0.29, 0.717) is 23.0 Å². The van der Waals surface area contributed by atoms with Gasteiger partial charge in [0, 0.05) is 16.7 Å². The maximum atomic E-state index is 11.9. The molecule has 0 atom stereocenters. The predicted molar refractivity (Wildman–Crippen MR) is 88.0 cm³/mol. The molecule has 2 aromatic rings. The normalized spacial score (nSPS) is 10.0. The van der Waals surface area contributed by atoms with Crippen LogP contribution >= 0.6 is 27.5 Å². The molecule has 0 radical (unpaired) electrons. The summed E-state index contributed by atoms with van der Waals surface area (Å²) in [6.45, 7) is 0.428.